The fourth-order valence-corrected chi connectivity index (χ4v) is 1.78. The van der Waals surface area contributed by atoms with E-state index in [0.29, 0.717) is 26.3 Å². The Morgan fingerprint density at radius 2 is 1.95 bits per heavy atom. The summed E-state index contributed by atoms with van der Waals surface area (Å²) in [7, 11) is 0. The number of nitrogens with zero attached hydrogens (tertiary/aromatic N) is 1. The molecule has 1 aromatic rings. The van der Waals surface area contributed by atoms with Gasteiger partial charge in [-0.3, -0.25) is 0 Å². The minimum Gasteiger partial charge on any atom is -0.505 e. The number of nitrogens with one attached hydrogen (secondary N) is 1. The number of urea groups is 1. The summed E-state index contributed by atoms with van der Waals surface area (Å²) in [6.07, 6.45) is 0. The molecule has 1 aliphatic heterocycles. The number of morpholine rings is 1. The molecule has 0 unspecified atom stereocenters. The zero-order valence-corrected chi connectivity index (χ0v) is 10.1. The summed E-state index contributed by atoms with van der Waals surface area (Å²) in [5.74, 6) is -1.70. The van der Waals surface area contributed by atoms with Crippen molar-refractivity contribution in [3.05, 3.63) is 23.8 Å². The predicted molar refractivity (Wildman–Crippen MR) is 66.5 cm³/mol. The number of rotatable bonds is 2. The Morgan fingerprint density at radius 3 is 2.58 bits per heavy atom. The van der Waals surface area contributed by atoms with E-state index >= 15 is 0 Å². The van der Waals surface area contributed by atoms with Gasteiger partial charge in [-0.15, -0.1) is 0 Å². The molecule has 0 radical (unpaired) electrons. The van der Waals surface area contributed by atoms with Crippen LogP contribution in [-0.4, -0.2) is 53.4 Å². The Morgan fingerprint density at radius 1 is 1.26 bits per heavy atom. The molecule has 2 rings (SSSR count). The number of aromatic hydroxyl groups is 1. The number of carboxylic acids is 1. The molecule has 0 bridgehead atoms. The maximum absolute atomic E-state index is 11.9. The van der Waals surface area contributed by atoms with Gasteiger partial charge in [-0.25, -0.2) is 9.59 Å². The van der Waals surface area contributed by atoms with Crippen LogP contribution in [0.15, 0.2) is 18.2 Å². The predicted octanol–water partition coefficient (Wildman–Crippen LogP) is 0.954. The molecular weight excluding hydrogens is 252 g/mol. The van der Waals surface area contributed by atoms with Gasteiger partial charge in [0.25, 0.3) is 0 Å². The normalized spacial score (nSPS) is 15.1. The van der Waals surface area contributed by atoms with Crippen LogP contribution in [0.1, 0.15) is 10.4 Å². The summed E-state index contributed by atoms with van der Waals surface area (Å²) >= 11 is 0. The third-order valence-electron chi connectivity index (χ3n) is 2.81. The quantitative estimate of drug-likeness (QED) is 0.692. The SMILES string of the molecule is O=C(O)c1cccc(NC(=O)N2CCOCC2)c1O. The second-order valence-corrected chi connectivity index (χ2v) is 4.04. The second-order valence-electron chi connectivity index (χ2n) is 4.04. The number of hydrogen-bond donors (Lipinski definition) is 3. The third-order valence-corrected chi connectivity index (χ3v) is 2.81. The lowest BCUT2D eigenvalue weighted by atomic mass is 10.1. The fraction of sp³-hybridized carbons (Fsp3) is 0.333. The Labute approximate surface area is 109 Å². The van der Waals surface area contributed by atoms with Crippen molar-refractivity contribution in [1.29, 1.82) is 0 Å². The molecule has 7 heteroatoms. The van der Waals surface area contributed by atoms with Gasteiger partial charge in [0, 0.05) is 13.1 Å². The molecule has 0 spiro atoms. The number of benzene rings is 1. The molecule has 0 saturated carbocycles. The highest BCUT2D eigenvalue weighted by atomic mass is 16.5. The lowest BCUT2D eigenvalue weighted by Gasteiger charge is -2.27. The summed E-state index contributed by atoms with van der Waals surface area (Å²) in [5.41, 5.74) is -0.170. The van der Waals surface area contributed by atoms with Crippen molar-refractivity contribution in [2.45, 2.75) is 0 Å². The zero-order valence-electron chi connectivity index (χ0n) is 10.1. The van der Waals surface area contributed by atoms with Gasteiger partial charge in [-0.2, -0.15) is 0 Å². The van der Waals surface area contributed by atoms with Crippen LogP contribution in [0, 0.1) is 0 Å². The summed E-state index contributed by atoms with van der Waals surface area (Å²) < 4.78 is 5.13. The Balaban J connectivity index is 2.12. The van der Waals surface area contributed by atoms with E-state index in [9.17, 15) is 14.7 Å². The van der Waals surface area contributed by atoms with Crippen molar-refractivity contribution < 1.29 is 24.5 Å². The molecule has 7 nitrogen and oxygen atoms in total. The van der Waals surface area contributed by atoms with Gasteiger partial charge in [0.2, 0.25) is 0 Å². The maximum atomic E-state index is 11.9. The van der Waals surface area contributed by atoms with Gasteiger partial charge in [-0.05, 0) is 12.1 Å². The van der Waals surface area contributed by atoms with Crippen LogP contribution in [0.4, 0.5) is 10.5 Å². The molecule has 1 fully saturated rings. The standard InChI is InChI=1S/C12H14N2O5/c15-10-8(11(16)17)2-1-3-9(10)13-12(18)14-4-6-19-7-5-14/h1-3,15H,4-7H2,(H,13,18)(H,16,17). The lowest BCUT2D eigenvalue weighted by Crippen LogP contribution is -2.43. The van der Waals surface area contributed by atoms with Gasteiger partial charge in [-0.1, -0.05) is 6.07 Å². The van der Waals surface area contributed by atoms with Crippen LogP contribution in [0.25, 0.3) is 0 Å². The zero-order chi connectivity index (χ0) is 13.8. The van der Waals surface area contributed by atoms with E-state index < -0.39 is 11.7 Å². The number of amides is 2. The van der Waals surface area contributed by atoms with Crippen LogP contribution in [0.5, 0.6) is 5.75 Å². The molecule has 1 aromatic carbocycles. The van der Waals surface area contributed by atoms with E-state index in [4.69, 9.17) is 9.84 Å². The maximum Gasteiger partial charge on any atom is 0.339 e. The molecule has 102 valence electrons. The number of carbonyl (C=O) groups excluding carboxylic acids is 1. The number of hydrogen-bond acceptors (Lipinski definition) is 4. The van der Waals surface area contributed by atoms with Crippen LogP contribution >= 0.6 is 0 Å². The second kappa shape index (κ2) is 5.57. The highest BCUT2D eigenvalue weighted by molar-refractivity contribution is 5.97. The highest BCUT2D eigenvalue weighted by Gasteiger charge is 2.19. The van der Waals surface area contributed by atoms with Gasteiger partial charge in [0.15, 0.2) is 5.75 Å². The van der Waals surface area contributed by atoms with E-state index in [-0.39, 0.29) is 17.3 Å². The van der Waals surface area contributed by atoms with E-state index in [1.165, 1.54) is 23.1 Å². The van der Waals surface area contributed by atoms with E-state index in [1.54, 1.807) is 0 Å². The number of para-hydroxylation sites is 1. The van der Waals surface area contributed by atoms with Crippen molar-refractivity contribution in [3.8, 4) is 5.75 Å². The summed E-state index contributed by atoms with van der Waals surface area (Å²) in [6, 6.07) is 3.78. The van der Waals surface area contributed by atoms with E-state index in [0.717, 1.165) is 0 Å². The fourth-order valence-electron chi connectivity index (χ4n) is 1.78. The van der Waals surface area contributed by atoms with Crippen molar-refractivity contribution >= 4 is 17.7 Å². The van der Waals surface area contributed by atoms with Crippen LogP contribution in [-0.2, 0) is 4.74 Å². The minimum absolute atomic E-state index is 0.0800. The van der Waals surface area contributed by atoms with Crippen molar-refractivity contribution in [2.24, 2.45) is 0 Å². The Hall–Kier alpha value is -2.28. The Bertz CT molecular complexity index is 497. The molecule has 3 N–H and O–H groups in total. The average Bonchev–Trinajstić information content (AvgIpc) is 2.41. The number of aromatic carboxylic acids is 1. The minimum atomic E-state index is -1.25. The molecule has 19 heavy (non-hydrogen) atoms. The first-order valence-electron chi connectivity index (χ1n) is 5.78. The van der Waals surface area contributed by atoms with Gasteiger partial charge < -0.3 is 25.2 Å². The number of carbonyl (C=O) groups is 2. The van der Waals surface area contributed by atoms with Gasteiger partial charge in [0.1, 0.15) is 5.56 Å². The first-order chi connectivity index (χ1) is 9.09. The number of carboxylic acid groups (broad SMARTS) is 1. The van der Waals surface area contributed by atoms with E-state index in [2.05, 4.69) is 5.32 Å². The summed E-state index contributed by atoms with van der Waals surface area (Å²) in [5, 5.41) is 21.1. The smallest absolute Gasteiger partial charge is 0.339 e. The van der Waals surface area contributed by atoms with Crippen molar-refractivity contribution in [3.63, 3.8) is 0 Å². The highest BCUT2D eigenvalue weighted by Crippen LogP contribution is 2.27. The van der Waals surface area contributed by atoms with Crippen molar-refractivity contribution in [2.75, 3.05) is 31.6 Å². The van der Waals surface area contributed by atoms with Gasteiger partial charge >= 0.3 is 12.0 Å². The number of anilines is 1. The number of ether oxygens (including phenoxy) is 1. The van der Waals surface area contributed by atoms with Crippen molar-refractivity contribution in [1.82, 2.24) is 4.90 Å². The average molecular weight is 266 g/mol. The molecule has 1 saturated heterocycles. The van der Waals surface area contributed by atoms with E-state index in [1.807, 2.05) is 0 Å². The van der Waals surface area contributed by atoms with Crippen LogP contribution in [0.3, 0.4) is 0 Å². The third kappa shape index (κ3) is 2.94. The topological polar surface area (TPSA) is 99.1 Å². The molecule has 1 aliphatic rings. The monoisotopic (exact) mass is 266 g/mol. The molecular formula is C12H14N2O5. The van der Waals surface area contributed by atoms with Gasteiger partial charge in [0.05, 0.1) is 18.9 Å². The first-order valence-corrected chi connectivity index (χ1v) is 5.78. The number of phenols is 1. The van der Waals surface area contributed by atoms with Crippen LogP contribution < -0.4 is 5.32 Å². The van der Waals surface area contributed by atoms with Crippen LogP contribution in [0.2, 0.25) is 0 Å². The summed E-state index contributed by atoms with van der Waals surface area (Å²) in [4.78, 5) is 24.3. The summed E-state index contributed by atoms with van der Waals surface area (Å²) in [6.45, 7) is 1.86. The molecule has 0 aliphatic carbocycles. The Kier molecular flexibility index (Phi) is 3.86. The molecule has 0 aromatic heterocycles. The molecule has 0 atom stereocenters. The first kappa shape index (κ1) is 13.2. The molecule has 1 heterocycles. The largest absolute Gasteiger partial charge is 0.505 e. The molecule has 2 amide bonds. The lowest BCUT2D eigenvalue weighted by molar-refractivity contribution is 0.0564.